The van der Waals surface area contributed by atoms with Crippen molar-refractivity contribution < 1.29 is 4.74 Å². The Morgan fingerprint density at radius 3 is 2.33 bits per heavy atom. The minimum atomic E-state index is 0.350. The third-order valence-corrected chi connectivity index (χ3v) is 6.20. The van der Waals surface area contributed by atoms with Gasteiger partial charge in [0, 0.05) is 4.43 Å². The van der Waals surface area contributed by atoms with Crippen LogP contribution in [0.1, 0.15) is 57.8 Å². The fourth-order valence-corrected chi connectivity index (χ4v) is 4.83. The van der Waals surface area contributed by atoms with Gasteiger partial charge in [0.05, 0.1) is 11.7 Å². The zero-order chi connectivity index (χ0) is 10.4. The monoisotopic (exact) mass is 320 g/mol. The number of alkyl halides is 1. The number of ether oxygens (including phenoxy) is 1. The van der Waals surface area contributed by atoms with Crippen molar-refractivity contribution in [3.05, 3.63) is 0 Å². The molecule has 15 heavy (non-hydrogen) atoms. The van der Waals surface area contributed by atoms with E-state index in [1.54, 1.807) is 0 Å². The van der Waals surface area contributed by atoms with Crippen LogP contribution < -0.4 is 0 Å². The van der Waals surface area contributed by atoms with Crippen molar-refractivity contribution in [3.63, 3.8) is 0 Å². The summed E-state index contributed by atoms with van der Waals surface area (Å²) in [5, 5.41) is 0. The molecule has 2 atom stereocenters. The van der Waals surface area contributed by atoms with Crippen molar-refractivity contribution in [1.29, 1.82) is 0 Å². The van der Waals surface area contributed by atoms with Gasteiger partial charge in [0.15, 0.2) is 0 Å². The van der Waals surface area contributed by atoms with Crippen LogP contribution in [0.25, 0.3) is 0 Å². The molecule has 0 bridgehead atoms. The number of halogens is 1. The summed E-state index contributed by atoms with van der Waals surface area (Å²) < 4.78 is 7.61. The number of fused-ring (bicyclic) bond motifs is 1. The molecule has 0 aromatic heterocycles. The van der Waals surface area contributed by atoms with Crippen LogP contribution in [0.2, 0.25) is 0 Å². The van der Waals surface area contributed by atoms with Gasteiger partial charge < -0.3 is 4.74 Å². The Morgan fingerprint density at radius 2 is 1.80 bits per heavy atom. The van der Waals surface area contributed by atoms with E-state index in [0.29, 0.717) is 17.1 Å². The summed E-state index contributed by atoms with van der Waals surface area (Å²) in [6.07, 6.45) is 13.4. The standard InChI is InChI=1S/C13H21IO/c14-10-11-4-7-13(15-11)9-8-12(13)5-2-1-3-6-12/h11H,1-10H2. The van der Waals surface area contributed by atoms with E-state index in [2.05, 4.69) is 22.6 Å². The van der Waals surface area contributed by atoms with Crippen molar-refractivity contribution >= 4 is 22.6 Å². The van der Waals surface area contributed by atoms with E-state index in [9.17, 15) is 0 Å². The van der Waals surface area contributed by atoms with Gasteiger partial charge in [-0.1, -0.05) is 41.9 Å². The highest BCUT2D eigenvalue weighted by Crippen LogP contribution is 2.64. The predicted octanol–water partition coefficient (Wildman–Crippen LogP) is 4.08. The third-order valence-electron chi connectivity index (χ3n) is 5.22. The van der Waals surface area contributed by atoms with Crippen LogP contribution in [0, 0.1) is 5.41 Å². The molecule has 1 saturated heterocycles. The highest BCUT2D eigenvalue weighted by molar-refractivity contribution is 14.1. The molecule has 0 radical (unpaired) electrons. The van der Waals surface area contributed by atoms with Gasteiger partial charge in [-0.2, -0.15) is 0 Å². The minimum Gasteiger partial charge on any atom is -0.370 e. The first-order chi connectivity index (χ1) is 7.30. The zero-order valence-corrected chi connectivity index (χ0v) is 11.6. The van der Waals surface area contributed by atoms with Gasteiger partial charge in [0.1, 0.15) is 0 Å². The maximum absolute atomic E-state index is 6.42. The van der Waals surface area contributed by atoms with E-state index in [0.717, 1.165) is 0 Å². The van der Waals surface area contributed by atoms with Gasteiger partial charge in [-0.25, -0.2) is 0 Å². The molecule has 2 aliphatic carbocycles. The van der Waals surface area contributed by atoms with E-state index >= 15 is 0 Å². The lowest BCUT2D eigenvalue weighted by Crippen LogP contribution is -2.58. The predicted molar refractivity (Wildman–Crippen MR) is 70.5 cm³/mol. The maximum atomic E-state index is 6.42. The molecule has 0 amide bonds. The van der Waals surface area contributed by atoms with E-state index in [1.165, 1.54) is 62.2 Å². The van der Waals surface area contributed by atoms with Crippen LogP contribution in [0.15, 0.2) is 0 Å². The number of hydrogen-bond donors (Lipinski definition) is 0. The summed E-state index contributed by atoms with van der Waals surface area (Å²) in [5.74, 6) is 0. The van der Waals surface area contributed by atoms with Crippen molar-refractivity contribution in [2.45, 2.75) is 69.5 Å². The zero-order valence-electron chi connectivity index (χ0n) is 9.43. The molecule has 2 unspecified atom stereocenters. The Morgan fingerprint density at radius 1 is 1.00 bits per heavy atom. The van der Waals surface area contributed by atoms with E-state index in [-0.39, 0.29) is 0 Å². The molecule has 1 heterocycles. The van der Waals surface area contributed by atoms with Crippen molar-refractivity contribution in [1.82, 2.24) is 0 Å². The van der Waals surface area contributed by atoms with Gasteiger partial charge in [-0.3, -0.25) is 0 Å². The first-order valence-corrected chi connectivity index (χ1v) is 8.07. The smallest absolute Gasteiger partial charge is 0.0743 e. The lowest BCUT2D eigenvalue weighted by molar-refractivity contribution is -0.203. The molecular weight excluding hydrogens is 299 g/mol. The topological polar surface area (TPSA) is 9.23 Å². The third kappa shape index (κ3) is 1.50. The second kappa shape index (κ2) is 3.86. The average Bonchev–Trinajstić information content (AvgIpc) is 2.75. The molecule has 3 fully saturated rings. The summed E-state index contributed by atoms with van der Waals surface area (Å²) in [7, 11) is 0. The van der Waals surface area contributed by atoms with Crippen LogP contribution in [0.5, 0.6) is 0 Å². The Balaban J connectivity index is 1.76. The summed E-state index contributed by atoms with van der Waals surface area (Å²) >= 11 is 2.48. The second-order valence-electron chi connectivity index (χ2n) is 5.77. The fourth-order valence-electron chi connectivity index (χ4n) is 4.21. The van der Waals surface area contributed by atoms with Crippen LogP contribution in [-0.2, 0) is 4.74 Å². The Kier molecular flexibility index (Phi) is 2.79. The highest BCUT2D eigenvalue weighted by Gasteiger charge is 2.61. The SMILES string of the molecule is ICC1CCC2(CCC23CCCCC3)O1. The summed E-state index contributed by atoms with van der Waals surface area (Å²) in [6, 6.07) is 0. The molecule has 1 nitrogen and oxygen atoms in total. The normalized spacial score (nSPS) is 43.4. The molecule has 0 N–H and O–H groups in total. The molecular formula is C13H21IO. The molecule has 2 heteroatoms. The van der Waals surface area contributed by atoms with Crippen LogP contribution in [0.3, 0.4) is 0 Å². The molecule has 2 saturated carbocycles. The van der Waals surface area contributed by atoms with E-state index in [1.807, 2.05) is 0 Å². The van der Waals surface area contributed by atoms with Crippen LogP contribution >= 0.6 is 22.6 Å². The molecule has 0 aromatic carbocycles. The molecule has 2 spiro atoms. The van der Waals surface area contributed by atoms with Gasteiger partial charge in [-0.05, 0) is 43.9 Å². The summed E-state index contributed by atoms with van der Waals surface area (Å²) in [5.41, 5.74) is 0.981. The number of rotatable bonds is 1. The van der Waals surface area contributed by atoms with Crippen LogP contribution in [0.4, 0.5) is 0 Å². The molecule has 0 aromatic rings. The first-order valence-electron chi connectivity index (χ1n) is 6.54. The average molecular weight is 320 g/mol. The Hall–Kier alpha value is 0.690. The molecule has 3 aliphatic rings. The van der Waals surface area contributed by atoms with Crippen LogP contribution in [-0.4, -0.2) is 16.1 Å². The summed E-state index contributed by atoms with van der Waals surface area (Å²) in [4.78, 5) is 0. The van der Waals surface area contributed by atoms with Gasteiger partial charge >= 0.3 is 0 Å². The van der Waals surface area contributed by atoms with Crippen molar-refractivity contribution in [2.75, 3.05) is 4.43 Å². The highest BCUT2D eigenvalue weighted by atomic mass is 127. The van der Waals surface area contributed by atoms with Crippen molar-refractivity contribution in [2.24, 2.45) is 5.41 Å². The van der Waals surface area contributed by atoms with Gasteiger partial charge in [0.25, 0.3) is 0 Å². The van der Waals surface area contributed by atoms with Crippen molar-refractivity contribution in [3.8, 4) is 0 Å². The van der Waals surface area contributed by atoms with Gasteiger partial charge in [0.2, 0.25) is 0 Å². The molecule has 86 valence electrons. The molecule has 3 rings (SSSR count). The van der Waals surface area contributed by atoms with E-state index in [4.69, 9.17) is 4.74 Å². The number of hydrogen-bond acceptors (Lipinski definition) is 1. The lowest BCUT2D eigenvalue weighted by atomic mass is 9.50. The quantitative estimate of drug-likeness (QED) is 0.522. The summed E-state index contributed by atoms with van der Waals surface area (Å²) in [6.45, 7) is 0. The largest absolute Gasteiger partial charge is 0.370 e. The first kappa shape index (κ1) is 10.8. The Bertz CT molecular complexity index is 247. The molecule has 1 aliphatic heterocycles. The lowest BCUT2D eigenvalue weighted by Gasteiger charge is -2.59. The van der Waals surface area contributed by atoms with Gasteiger partial charge in [-0.15, -0.1) is 0 Å². The van der Waals surface area contributed by atoms with E-state index < -0.39 is 0 Å². The fraction of sp³-hybridized carbons (Fsp3) is 1.00. The minimum absolute atomic E-state index is 0.350. The second-order valence-corrected chi connectivity index (χ2v) is 6.65. The maximum Gasteiger partial charge on any atom is 0.0743 e. The Labute approximate surface area is 106 Å².